The molecule has 0 aliphatic carbocycles. The van der Waals surface area contributed by atoms with Gasteiger partial charge in [0.25, 0.3) is 0 Å². The van der Waals surface area contributed by atoms with E-state index in [9.17, 15) is 5.11 Å². The van der Waals surface area contributed by atoms with Gasteiger partial charge in [-0.1, -0.05) is 6.92 Å². The van der Waals surface area contributed by atoms with Gasteiger partial charge >= 0.3 is 0 Å². The van der Waals surface area contributed by atoms with E-state index in [1.54, 1.807) is 11.3 Å². The Morgan fingerprint density at radius 1 is 1.44 bits per heavy atom. The van der Waals surface area contributed by atoms with E-state index in [4.69, 9.17) is 0 Å². The highest BCUT2D eigenvalue weighted by molar-refractivity contribution is 7.09. The summed E-state index contributed by atoms with van der Waals surface area (Å²) >= 11 is 1.70. The van der Waals surface area contributed by atoms with E-state index in [-0.39, 0.29) is 6.10 Å². The molecule has 1 rings (SSSR count). The summed E-state index contributed by atoms with van der Waals surface area (Å²) in [4.78, 5) is 5.56. The van der Waals surface area contributed by atoms with Gasteiger partial charge in [0.05, 0.1) is 17.3 Å². The molecule has 0 fully saturated rings. The van der Waals surface area contributed by atoms with E-state index >= 15 is 0 Å². The first-order chi connectivity index (χ1) is 7.50. The third-order valence-corrected chi connectivity index (χ3v) is 3.81. The Hall–Kier alpha value is -0.450. The van der Waals surface area contributed by atoms with Crippen LogP contribution in [0.25, 0.3) is 0 Å². The Balaban J connectivity index is 2.35. The van der Waals surface area contributed by atoms with Crippen molar-refractivity contribution in [2.24, 2.45) is 5.92 Å². The van der Waals surface area contributed by atoms with Crippen molar-refractivity contribution in [1.82, 2.24) is 10.3 Å². The molecule has 0 amide bonds. The lowest BCUT2D eigenvalue weighted by molar-refractivity contribution is 0.162. The summed E-state index contributed by atoms with van der Waals surface area (Å²) < 4.78 is 0. The van der Waals surface area contributed by atoms with Gasteiger partial charge in [-0.3, -0.25) is 0 Å². The van der Waals surface area contributed by atoms with Crippen LogP contribution >= 0.6 is 11.3 Å². The lowest BCUT2D eigenvalue weighted by Gasteiger charge is -2.18. The molecule has 3 nitrogen and oxygen atoms in total. The molecule has 1 aromatic heterocycles. The van der Waals surface area contributed by atoms with Gasteiger partial charge in [0.1, 0.15) is 0 Å². The van der Waals surface area contributed by atoms with Gasteiger partial charge < -0.3 is 10.4 Å². The van der Waals surface area contributed by atoms with Crippen molar-refractivity contribution in [3.8, 4) is 0 Å². The second-order valence-corrected chi connectivity index (χ2v) is 5.51. The number of aryl methyl sites for hydroxylation is 1. The van der Waals surface area contributed by atoms with Crippen LogP contribution in [-0.4, -0.2) is 22.7 Å². The van der Waals surface area contributed by atoms with Crippen molar-refractivity contribution in [2.75, 3.05) is 6.54 Å². The van der Waals surface area contributed by atoms with E-state index in [2.05, 4.69) is 24.1 Å². The summed E-state index contributed by atoms with van der Waals surface area (Å²) in [5.41, 5.74) is 3.01. The van der Waals surface area contributed by atoms with Crippen LogP contribution in [0.1, 0.15) is 43.8 Å². The molecule has 4 heteroatoms. The molecular formula is C12H22N2OS. The van der Waals surface area contributed by atoms with Crippen LogP contribution in [0.2, 0.25) is 0 Å². The summed E-state index contributed by atoms with van der Waals surface area (Å²) in [5, 5.41) is 12.8. The number of hydrogen-bond donors (Lipinski definition) is 2. The highest BCUT2D eigenvalue weighted by atomic mass is 32.1. The molecule has 0 saturated carbocycles. The van der Waals surface area contributed by atoms with Crippen molar-refractivity contribution >= 4 is 11.3 Å². The molecule has 16 heavy (non-hydrogen) atoms. The molecule has 0 bridgehead atoms. The number of nitrogens with zero attached hydrogens (tertiary/aromatic N) is 1. The molecule has 0 aromatic carbocycles. The maximum atomic E-state index is 9.28. The van der Waals surface area contributed by atoms with E-state index in [0.717, 1.165) is 18.7 Å². The van der Waals surface area contributed by atoms with Crippen LogP contribution in [0.3, 0.4) is 0 Å². The van der Waals surface area contributed by atoms with E-state index in [1.165, 1.54) is 4.88 Å². The summed E-state index contributed by atoms with van der Waals surface area (Å²) in [6.07, 6.45) is 0.638. The van der Waals surface area contributed by atoms with Gasteiger partial charge in [0, 0.05) is 10.9 Å². The van der Waals surface area contributed by atoms with Crippen LogP contribution in [-0.2, 0) is 0 Å². The number of aliphatic hydroxyl groups is 1. The first-order valence-electron chi connectivity index (χ1n) is 5.82. The lowest BCUT2D eigenvalue weighted by Crippen LogP contribution is -2.26. The van der Waals surface area contributed by atoms with E-state index in [0.29, 0.717) is 12.0 Å². The minimum atomic E-state index is -0.211. The molecule has 0 radical (unpaired) electrons. The standard InChI is InChI=1S/C12H22N2OS/c1-8(5-9(2)15)6-13-10(3)12-11(4)14-7-16-12/h7-10,13,15H,5-6H2,1-4H3. The number of nitrogens with one attached hydrogen (secondary N) is 1. The molecule has 0 aliphatic heterocycles. The Labute approximate surface area is 102 Å². The minimum Gasteiger partial charge on any atom is -0.393 e. The molecule has 92 valence electrons. The second-order valence-electron chi connectivity index (χ2n) is 4.62. The fourth-order valence-electron chi connectivity index (χ4n) is 1.86. The van der Waals surface area contributed by atoms with Crippen molar-refractivity contribution in [3.05, 3.63) is 16.1 Å². The van der Waals surface area contributed by atoms with Crippen molar-refractivity contribution in [1.29, 1.82) is 0 Å². The minimum absolute atomic E-state index is 0.211. The monoisotopic (exact) mass is 242 g/mol. The Morgan fingerprint density at radius 3 is 2.62 bits per heavy atom. The zero-order chi connectivity index (χ0) is 12.1. The Morgan fingerprint density at radius 2 is 2.12 bits per heavy atom. The maximum absolute atomic E-state index is 9.28. The van der Waals surface area contributed by atoms with Crippen LogP contribution in [0.4, 0.5) is 0 Å². The second kappa shape index (κ2) is 6.33. The zero-order valence-electron chi connectivity index (χ0n) is 10.5. The highest BCUT2D eigenvalue weighted by Gasteiger charge is 2.12. The maximum Gasteiger partial charge on any atom is 0.0798 e. The van der Waals surface area contributed by atoms with Crippen molar-refractivity contribution < 1.29 is 5.11 Å². The van der Waals surface area contributed by atoms with Crippen LogP contribution < -0.4 is 5.32 Å². The SMILES string of the molecule is Cc1ncsc1C(C)NCC(C)CC(C)O. The predicted octanol–water partition coefficient (Wildman–Crippen LogP) is 2.51. The van der Waals surface area contributed by atoms with Crippen LogP contribution in [0.5, 0.6) is 0 Å². The first-order valence-corrected chi connectivity index (χ1v) is 6.70. The number of aliphatic hydroxyl groups excluding tert-OH is 1. The summed E-state index contributed by atoms with van der Waals surface area (Å²) in [7, 11) is 0. The molecule has 0 spiro atoms. The predicted molar refractivity (Wildman–Crippen MR) is 68.7 cm³/mol. The van der Waals surface area contributed by atoms with Crippen molar-refractivity contribution in [2.45, 2.75) is 46.3 Å². The average molecular weight is 242 g/mol. The fraction of sp³-hybridized carbons (Fsp3) is 0.750. The Bertz CT molecular complexity index is 312. The van der Waals surface area contributed by atoms with Gasteiger partial charge in [-0.2, -0.15) is 0 Å². The van der Waals surface area contributed by atoms with Gasteiger partial charge in [0.2, 0.25) is 0 Å². The number of rotatable bonds is 6. The first kappa shape index (κ1) is 13.6. The third-order valence-electron chi connectivity index (χ3n) is 2.69. The Kier molecular flexibility index (Phi) is 5.38. The number of aromatic nitrogens is 1. The quantitative estimate of drug-likeness (QED) is 0.805. The summed E-state index contributed by atoms with van der Waals surface area (Å²) in [6.45, 7) is 9.14. The fourth-order valence-corrected chi connectivity index (χ4v) is 2.70. The molecule has 1 aromatic rings. The molecular weight excluding hydrogens is 220 g/mol. The molecule has 3 unspecified atom stereocenters. The largest absolute Gasteiger partial charge is 0.393 e. The molecule has 2 N–H and O–H groups in total. The van der Waals surface area contributed by atoms with Crippen molar-refractivity contribution in [3.63, 3.8) is 0 Å². The van der Waals surface area contributed by atoms with Crippen LogP contribution in [0, 0.1) is 12.8 Å². The topological polar surface area (TPSA) is 45.2 Å². The smallest absolute Gasteiger partial charge is 0.0798 e. The van der Waals surface area contributed by atoms with E-state index in [1.807, 2.05) is 19.4 Å². The highest BCUT2D eigenvalue weighted by Crippen LogP contribution is 2.21. The molecule has 1 heterocycles. The molecule has 0 saturated heterocycles. The number of hydrogen-bond acceptors (Lipinski definition) is 4. The van der Waals surface area contributed by atoms with Gasteiger partial charge in [-0.15, -0.1) is 11.3 Å². The zero-order valence-corrected chi connectivity index (χ0v) is 11.3. The van der Waals surface area contributed by atoms with Gasteiger partial charge in [0.15, 0.2) is 0 Å². The average Bonchev–Trinajstić information content (AvgIpc) is 2.60. The molecule has 3 atom stereocenters. The van der Waals surface area contributed by atoms with Gasteiger partial charge in [-0.25, -0.2) is 4.98 Å². The third kappa shape index (κ3) is 4.20. The lowest BCUT2D eigenvalue weighted by atomic mass is 10.0. The normalized spacial score (nSPS) is 17.1. The number of thiazole rings is 1. The van der Waals surface area contributed by atoms with Gasteiger partial charge in [-0.05, 0) is 39.7 Å². The summed E-state index contributed by atoms with van der Waals surface area (Å²) in [5.74, 6) is 0.496. The van der Waals surface area contributed by atoms with E-state index < -0.39 is 0 Å². The molecule has 0 aliphatic rings. The summed E-state index contributed by atoms with van der Waals surface area (Å²) in [6, 6.07) is 0.351. The van der Waals surface area contributed by atoms with Crippen LogP contribution in [0.15, 0.2) is 5.51 Å².